The topological polar surface area (TPSA) is 66.4 Å². The standard InChI is InChI=1S/C15H19NO3S2/c1-10(2)12-5-4-6-13(7-12)16-21(18,19)15-8-14(9-17)20-11(15)3/h4-8,10,16-17H,9H2,1-3H3. The van der Waals surface area contributed by atoms with Crippen molar-refractivity contribution >= 4 is 27.0 Å². The van der Waals surface area contributed by atoms with E-state index in [1.807, 2.05) is 18.2 Å². The number of sulfonamides is 1. The fourth-order valence-electron chi connectivity index (χ4n) is 2.04. The minimum Gasteiger partial charge on any atom is -0.391 e. The first kappa shape index (κ1) is 16.0. The van der Waals surface area contributed by atoms with E-state index in [1.54, 1.807) is 13.0 Å². The van der Waals surface area contributed by atoms with Crippen molar-refractivity contribution in [3.8, 4) is 0 Å². The van der Waals surface area contributed by atoms with Gasteiger partial charge < -0.3 is 5.11 Å². The molecule has 2 aromatic rings. The molecule has 0 spiro atoms. The van der Waals surface area contributed by atoms with E-state index in [9.17, 15) is 8.42 Å². The number of nitrogens with one attached hydrogen (secondary N) is 1. The summed E-state index contributed by atoms with van der Waals surface area (Å²) in [6.45, 7) is 5.71. The molecule has 1 aromatic carbocycles. The number of aliphatic hydroxyl groups is 1. The Morgan fingerprint density at radius 2 is 2.00 bits per heavy atom. The quantitative estimate of drug-likeness (QED) is 0.884. The third-order valence-electron chi connectivity index (χ3n) is 3.17. The van der Waals surface area contributed by atoms with Gasteiger partial charge in [0.05, 0.1) is 6.61 Å². The van der Waals surface area contributed by atoms with Crippen molar-refractivity contribution < 1.29 is 13.5 Å². The molecule has 0 saturated heterocycles. The number of anilines is 1. The van der Waals surface area contributed by atoms with Crippen LogP contribution in [0.3, 0.4) is 0 Å². The van der Waals surface area contributed by atoms with Gasteiger partial charge in [0.2, 0.25) is 0 Å². The monoisotopic (exact) mass is 325 g/mol. The fourth-order valence-corrected chi connectivity index (χ4v) is 4.59. The molecular weight excluding hydrogens is 306 g/mol. The minimum atomic E-state index is -3.63. The fraction of sp³-hybridized carbons (Fsp3) is 0.333. The van der Waals surface area contributed by atoms with Crippen LogP contribution in [0.15, 0.2) is 35.2 Å². The molecule has 114 valence electrons. The maximum atomic E-state index is 12.4. The number of thiophene rings is 1. The molecule has 0 aliphatic carbocycles. The molecule has 0 saturated carbocycles. The van der Waals surface area contributed by atoms with Crippen LogP contribution in [0.2, 0.25) is 0 Å². The predicted molar refractivity (Wildman–Crippen MR) is 86.3 cm³/mol. The highest BCUT2D eigenvalue weighted by Gasteiger charge is 2.20. The second kappa shape index (κ2) is 6.17. The number of aliphatic hydroxyl groups excluding tert-OH is 1. The predicted octanol–water partition coefficient (Wildman–Crippen LogP) is 3.47. The minimum absolute atomic E-state index is 0.149. The third-order valence-corrected chi connectivity index (χ3v) is 5.85. The van der Waals surface area contributed by atoms with E-state index in [1.165, 1.54) is 17.4 Å². The van der Waals surface area contributed by atoms with E-state index in [0.29, 0.717) is 21.4 Å². The number of aryl methyl sites for hydroxylation is 1. The zero-order valence-electron chi connectivity index (χ0n) is 12.3. The average molecular weight is 325 g/mol. The lowest BCUT2D eigenvalue weighted by atomic mass is 10.0. The molecule has 0 unspecified atom stereocenters. The van der Waals surface area contributed by atoms with Crippen molar-refractivity contribution in [3.63, 3.8) is 0 Å². The van der Waals surface area contributed by atoms with E-state index < -0.39 is 10.0 Å². The second-order valence-corrected chi connectivity index (χ2v) is 8.17. The molecule has 0 aliphatic heterocycles. The highest BCUT2D eigenvalue weighted by molar-refractivity contribution is 7.93. The third kappa shape index (κ3) is 3.64. The number of benzene rings is 1. The number of rotatable bonds is 5. The van der Waals surface area contributed by atoms with Gasteiger partial charge in [0.15, 0.2) is 0 Å². The van der Waals surface area contributed by atoms with Crippen LogP contribution in [0.1, 0.15) is 35.1 Å². The first-order valence-electron chi connectivity index (χ1n) is 6.66. The van der Waals surface area contributed by atoms with Crippen molar-refractivity contribution in [2.24, 2.45) is 0 Å². The molecule has 21 heavy (non-hydrogen) atoms. The van der Waals surface area contributed by atoms with Crippen LogP contribution in [0.5, 0.6) is 0 Å². The Bertz CT molecular complexity index is 733. The van der Waals surface area contributed by atoms with Gasteiger partial charge in [-0.25, -0.2) is 8.42 Å². The van der Waals surface area contributed by atoms with Crippen LogP contribution >= 0.6 is 11.3 Å². The summed E-state index contributed by atoms with van der Waals surface area (Å²) in [5.41, 5.74) is 1.63. The highest BCUT2D eigenvalue weighted by atomic mass is 32.2. The van der Waals surface area contributed by atoms with Gasteiger partial charge >= 0.3 is 0 Å². The summed E-state index contributed by atoms with van der Waals surface area (Å²) in [4.78, 5) is 1.54. The molecule has 0 fully saturated rings. The van der Waals surface area contributed by atoms with Crippen LogP contribution in [0.4, 0.5) is 5.69 Å². The molecule has 0 amide bonds. The Hall–Kier alpha value is -1.37. The zero-order valence-corrected chi connectivity index (χ0v) is 13.9. The van der Waals surface area contributed by atoms with Crippen LogP contribution in [0, 0.1) is 6.92 Å². The Kier molecular flexibility index (Phi) is 4.70. The van der Waals surface area contributed by atoms with Crippen molar-refractivity contribution in [2.75, 3.05) is 4.72 Å². The van der Waals surface area contributed by atoms with Crippen molar-refractivity contribution in [1.29, 1.82) is 0 Å². The second-order valence-electron chi connectivity index (χ2n) is 5.18. The van der Waals surface area contributed by atoms with Gasteiger partial charge in [-0.3, -0.25) is 4.72 Å². The van der Waals surface area contributed by atoms with Gasteiger partial charge in [0.25, 0.3) is 10.0 Å². The summed E-state index contributed by atoms with van der Waals surface area (Å²) in [6, 6.07) is 8.92. The van der Waals surface area contributed by atoms with Crippen LogP contribution in [-0.4, -0.2) is 13.5 Å². The van der Waals surface area contributed by atoms with Gasteiger partial charge in [-0.15, -0.1) is 11.3 Å². The Labute approximate surface area is 129 Å². The van der Waals surface area contributed by atoms with Crippen LogP contribution in [0.25, 0.3) is 0 Å². The summed E-state index contributed by atoms with van der Waals surface area (Å²) in [5, 5.41) is 9.12. The maximum absolute atomic E-state index is 12.4. The SMILES string of the molecule is Cc1sc(CO)cc1S(=O)(=O)Nc1cccc(C(C)C)c1. The van der Waals surface area contributed by atoms with Crippen LogP contribution < -0.4 is 4.72 Å². The lowest BCUT2D eigenvalue weighted by molar-refractivity contribution is 0.285. The van der Waals surface area contributed by atoms with E-state index in [2.05, 4.69) is 18.6 Å². The van der Waals surface area contributed by atoms with Crippen molar-refractivity contribution in [3.05, 3.63) is 45.6 Å². The van der Waals surface area contributed by atoms with Gasteiger partial charge in [-0.1, -0.05) is 26.0 Å². The van der Waals surface area contributed by atoms with Gasteiger partial charge in [-0.2, -0.15) is 0 Å². The first-order valence-corrected chi connectivity index (χ1v) is 8.96. The molecule has 0 radical (unpaired) electrons. The Morgan fingerprint density at radius 3 is 2.57 bits per heavy atom. The molecule has 0 atom stereocenters. The summed E-state index contributed by atoms with van der Waals surface area (Å²) >= 11 is 1.29. The largest absolute Gasteiger partial charge is 0.391 e. The smallest absolute Gasteiger partial charge is 0.263 e. The molecule has 0 aliphatic rings. The molecule has 6 heteroatoms. The molecule has 2 rings (SSSR count). The highest BCUT2D eigenvalue weighted by Crippen LogP contribution is 2.28. The molecule has 1 heterocycles. The van der Waals surface area contributed by atoms with Gasteiger partial charge in [-0.05, 0) is 36.6 Å². The van der Waals surface area contributed by atoms with Gasteiger partial charge in [0, 0.05) is 15.4 Å². The molecule has 1 aromatic heterocycles. The first-order chi connectivity index (χ1) is 9.83. The van der Waals surface area contributed by atoms with E-state index in [-0.39, 0.29) is 11.5 Å². The molecular formula is C15H19NO3S2. The lowest BCUT2D eigenvalue weighted by Gasteiger charge is -2.11. The molecule has 4 nitrogen and oxygen atoms in total. The van der Waals surface area contributed by atoms with Gasteiger partial charge in [0.1, 0.15) is 4.90 Å². The van der Waals surface area contributed by atoms with E-state index in [4.69, 9.17) is 5.11 Å². The summed E-state index contributed by atoms with van der Waals surface area (Å²) in [5.74, 6) is 0.332. The van der Waals surface area contributed by atoms with Crippen LogP contribution in [-0.2, 0) is 16.6 Å². The average Bonchev–Trinajstić information content (AvgIpc) is 2.80. The normalized spacial score (nSPS) is 11.9. The number of hydrogen-bond donors (Lipinski definition) is 2. The lowest BCUT2D eigenvalue weighted by Crippen LogP contribution is -2.13. The van der Waals surface area contributed by atoms with Crippen molar-refractivity contribution in [2.45, 2.75) is 38.2 Å². The summed E-state index contributed by atoms with van der Waals surface area (Å²) in [7, 11) is -3.63. The maximum Gasteiger partial charge on any atom is 0.263 e. The van der Waals surface area contributed by atoms with Crippen molar-refractivity contribution in [1.82, 2.24) is 0 Å². The van der Waals surface area contributed by atoms with E-state index >= 15 is 0 Å². The van der Waals surface area contributed by atoms with E-state index in [0.717, 1.165) is 5.56 Å². The number of hydrogen-bond acceptors (Lipinski definition) is 4. The zero-order chi connectivity index (χ0) is 15.6. The Balaban J connectivity index is 2.33. The molecule has 0 bridgehead atoms. The Morgan fingerprint density at radius 1 is 1.29 bits per heavy atom. The summed E-state index contributed by atoms with van der Waals surface area (Å²) in [6.07, 6.45) is 0. The summed E-state index contributed by atoms with van der Waals surface area (Å²) < 4.78 is 27.5. The molecule has 2 N–H and O–H groups in total.